The minimum atomic E-state index is 0.285. The van der Waals surface area contributed by atoms with Crippen LogP contribution < -0.4 is 15.8 Å². The van der Waals surface area contributed by atoms with Gasteiger partial charge in [-0.3, -0.25) is 0 Å². The third kappa shape index (κ3) is 3.14. The molecule has 3 heteroatoms. The van der Waals surface area contributed by atoms with Crippen LogP contribution in [0.1, 0.15) is 19.4 Å². The average molecular weight is 243 g/mol. The molecule has 1 atom stereocenters. The number of rotatable bonds is 5. The molecule has 0 amide bonds. The molecule has 1 aromatic rings. The topological polar surface area (TPSA) is 27.3 Å². The zero-order valence-electron chi connectivity index (χ0n) is 11.1. The van der Waals surface area contributed by atoms with Crippen molar-refractivity contribution in [1.29, 1.82) is 0 Å². The minimum Gasteiger partial charge on any atom is -0.372 e. The molecular formula is C15H21N3. The summed E-state index contributed by atoms with van der Waals surface area (Å²) in [4.78, 5) is 2.35. The monoisotopic (exact) mass is 243 g/mol. The first kappa shape index (κ1) is 12.7. The van der Waals surface area contributed by atoms with Crippen molar-refractivity contribution >= 4 is 11.8 Å². The summed E-state index contributed by atoms with van der Waals surface area (Å²) in [6, 6.07) is 8.98. The molecule has 1 aliphatic heterocycles. The fraction of sp³-hybridized carbons (Fsp3) is 0.333. The molecular weight excluding hydrogens is 222 g/mol. The Kier molecular flexibility index (Phi) is 4.42. The first-order chi connectivity index (χ1) is 8.83. The van der Waals surface area contributed by atoms with Crippen LogP contribution in [0, 0.1) is 0 Å². The summed E-state index contributed by atoms with van der Waals surface area (Å²) >= 11 is 0. The van der Waals surface area contributed by atoms with Crippen molar-refractivity contribution in [1.82, 2.24) is 10.9 Å². The highest BCUT2D eigenvalue weighted by Gasteiger charge is 2.03. The van der Waals surface area contributed by atoms with Gasteiger partial charge in [0, 0.05) is 25.0 Å². The highest BCUT2D eigenvalue weighted by Crippen LogP contribution is 2.15. The van der Waals surface area contributed by atoms with Gasteiger partial charge in [0.25, 0.3) is 0 Å². The number of hydrazine groups is 1. The third-order valence-electron chi connectivity index (χ3n) is 3.15. The second-order valence-corrected chi connectivity index (χ2v) is 4.30. The molecule has 1 aliphatic rings. The second-order valence-electron chi connectivity index (χ2n) is 4.30. The van der Waals surface area contributed by atoms with E-state index in [-0.39, 0.29) is 6.04 Å². The molecule has 0 spiro atoms. The molecule has 0 saturated carbocycles. The lowest BCUT2D eigenvalue weighted by Crippen LogP contribution is -2.28. The second kappa shape index (κ2) is 6.26. The molecule has 0 radical (unpaired) electrons. The van der Waals surface area contributed by atoms with E-state index in [0.717, 1.165) is 13.1 Å². The molecule has 0 bridgehead atoms. The van der Waals surface area contributed by atoms with Crippen LogP contribution in [0.2, 0.25) is 0 Å². The summed E-state index contributed by atoms with van der Waals surface area (Å²) in [5.41, 5.74) is 8.60. The van der Waals surface area contributed by atoms with E-state index in [9.17, 15) is 0 Å². The SMILES string of the molecule is CCN(CC)c1ccc(C=CC2C=CNN2)cc1. The summed E-state index contributed by atoms with van der Waals surface area (Å²) in [6.07, 6.45) is 8.28. The van der Waals surface area contributed by atoms with Crippen molar-refractivity contribution in [3.8, 4) is 0 Å². The highest BCUT2D eigenvalue weighted by atomic mass is 15.4. The van der Waals surface area contributed by atoms with E-state index in [1.165, 1.54) is 11.3 Å². The first-order valence-corrected chi connectivity index (χ1v) is 6.54. The van der Waals surface area contributed by atoms with Gasteiger partial charge in [-0.25, -0.2) is 5.43 Å². The van der Waals surface area contributed by atoms with E-state index in [0.29, 0.717) is 0 Å². The number of hydrogen-bond donors (Lipinski definition) is 2. The van der Waals surface area contributed by atoms with Crippen molar-refractivity contribution in [2.45, 2.75) is 19.9 Å². The van der Waals surface area contributed by atoms with Gasteiger partial charge in [-0.05, 0) is 37.6 Å². The van der Waals surface area contributed by atoms with Crippen LogP contribution in [0.5, 0.6) is 0 Å². The van der Waals surface area contributed by atoms with Gasteiger partial charge >= 0.3 is 0 Å². The van der Waals surface area contributed by atoms with Crippen molar-refractivity contribution in [2.75, 3.05) is 18.0 Å². The molecule has 0 aliphatic carbocycles. The Morgan fingerprint density at radius 3 is 2.44 bits per heavy atom. The Morgan fingerprint density at radius 1 is 1.17 bits per heavy atom. The lowest BCUT2D eigenvalue weighted by Gasteiger charge is -2.20. The maximum Gasteiger partial charge on any atom is 0.0641 e. The molecule has 2 N–H and O–H groups in total. The third-order valence-corrected chi connectivity index (χ3v) is 3.15. The molecule has 1 aromatic carbocycles. The lowest BCUT2D eigenvalue weighted by molar-refractivity contribution is 0.659. The van der Waals surface area contributed by atoms with Gasteiger partial charge in [-0.1, -0.05) is 24.3 Å². The van der Waals surface area contributed by atoms with Gasteiger partial charge in [0.05, 0.1) is 6.04 Å². The van der Waals surface area contributed by atoms with Gasteiger partial charge in [0.2, 0.25) is 0 Å². The summed E-state index contributed by atoms with van der Waals surface area (Å²) in [5.74, 6) is 0. The van der Waals surface area contributed by atoms with Crippen molar-refractivity contribution in [3.63, 3.8) is 0 Å². The highest BCUT2D eigenvalue weighted by molar-refractivity contribution is 5.56. The van der Waals surface area contributed by atoms with Crippen LogP contribution in [0.4, 0.5) is 5.69 Å². The minimum absolute atomic E-state index is 0.285. The molecule has 3 nitrogen and oxygen atoms in total. The fourth-order valence-corrected chi connectivity index (χ4v) is 2.06. The zero-order chi connectivity index (χ0) is 12.8. The smallest absolute Gasteiger partial charge is 0.0641 e. The number of anilines is 1. The molecule has 0 saturated heterocycles. The summed E-state index contributed by atoms with van der Waals surface area (Å²) in [7, 11) is 0. The molecule has 18 heavy (non-hydrogen) atoms. The Bertz CT molecular complexity index is 416. The Labute approximate surface area is 109 Å². The van der Waals surface area contributed by atoms with Crippen LogP contribution in [-0.4, -0.2) is 19.1 Å². The molecule has 2 rings (SSSR count). The van der Waals surface area contributed by atoms with E-state index in [1.54, 1.807) is 0 Å². The summed E-state index contributed by atoms with van der Waals surface area (Å²) in [5, 5.41) is 0. The Morgan fingerprint density at radius 2 is 1.89 bits per heavy atom. The number of nitrogens with zero attached hydrogens (tertiary/aromatic N) is 1. The van der Waals surface area contributed by atoms with Gasteiger partial charge in [0.1, 0.15) is 0 Å². The van der Waals surface area contributed by atoms with Crippen LogP contribution >= 0.6 is 0 Å². The summed E-state index contributed by atoms with van der Waals surface area (Å²) < 4.78 is 0. The molecule has 0 fully saturated rings. The van der Waals surface area contributed by atoms with Crippen LogP contribution in [0.3, 0.4) is 0 Å². The number of benzene rings is 1. The predicted octanol–water partition coefficient (Wildman–Crippen LogP) is 2.54. The average Bonchev–Trinajstić information content (AvgIpc) is 2.92. The maximum absolute atomic E-state index is 3.12. The van der Waals surface area contributed by atoms with Crippen molar-refractivity contribution in [3.05, 3.63) is 48.2 Å². The Hall–Kier alpha value is -1.74. The van der Waals surface area contributed by atoms with E-state index < -0.39 is 0 Å². The molecule has 1 unspecified atom stereocenters. The van der Waals surface area contributed by atoms with Gasteiger partial charge in [0.15, 0.2) is 0 Å². The van der Waals surface area contributed by atoms with Gasteiger partial charge in [-0.2, -0.15) is 0 Å². The van der Waals surface area contributed by atoms with Crippen molar-refractivity contribution < 1.29 is 0 Å². The molecule has 0 aromatic heterocycles. The Balaban J connectivity index is 2.00. The van der Waals surface area contributed by atoms with E-state index >= 15 is 0 Å². The quantitative estimate of drug-likeness (QED) is 0.832. The van der Waals surface area contributed by atoms with Crippen LogP contribution in [-0.2, 0) is 0 Å². The van der Waals surface area contributed by atoms with Crippen molar-refractivity contribution in [2.24, 2.45) is 0 Å². The fourth-order valence-electron chi connectivity index (χ4n) is 2.06. The van der Waals surface area contributed by atoms with Gasteiger partial charge in [-0.15, -0.1) is 0 Å². The molecule has 1 heterocycles. The molecule has 96 valence electrons. The predicted molar refractivity (Wildman–Crippen MR) is 78.2 cm³/mol. The van der Waals surface area contributed by atoms with E-state index in [2.05, 4.69) is 72.1 Å². The number of nitrogens with one attached hydrogen (secondary N) is 2. The first-order valence-electron chi connectivity index (χ1n) is 6.54. The standard InChI is InChI=1S/C15H21N3/c1-3-18(4-2)15-9-6-13(7-10-15)5-8-14-11-12-16-17-14/h5-12,14,16-17H,3-4H2,1-2H3. The van der Waals surface area contributed by atoms with Crippen LogP contribution in [0.15, 0.2) is 42.6 Å². The summed E-state index contributed by atoms with van der Waals surface area (Å²) in [6.45, 7) is 6.47. The number of hydrogen-bond acceptors (Lipinski definition) is 3. The zero-order valence-corrected chi connectivity index (χ0v) is 11.1. The largest absolute Gasteiger partial charge is 0.372 e. The van der Waals surface area contributed by atoms with E-state index in [1.807, 2.05) is 6.20 Å². The normalized spacial score (nSPS) is 18.2. The lowest BCUT2D eigenvalue weighted by atomic mass is 10.1. The van der Waals surface area contributed by atoms with Crippen LogP contribution in [0.25, 0.3) is 6.08 Å². The van der Waals surface area contributed by atoms with E-state index in [4.69, 9.17) is 0 Å². The maximum atomic E-state index is 3.12. The van der Waals surface area contributed by atoms with Gasteiger partial charge < -0.3 is 10.3 Å².